The van der Waals surface area contributed by atoms with Crippen LogP contribution < -0.4 is 29.2 Å². The summed E-state index contributed by atoms with van der Waals surface area (Å²) < 4.78 is 36.9. The largest absolute Gasteiger partial charge is 0.493 e. The molecule has 0 atom stereocenters. The second kappa shape index (κ2) is 13.4. The van der Waals surface area contributed by atoms with Crippen molar-refractivity contribution in [1.82, 2.24) is 14.9 Å². The minimum absolute atomic E-state index is 0.247. The average molecular weight is 568 g/mol. The fourth-order valence-electron chi connectivity index (χ4n) is 5.77. The van der Waals surface area contributed by atoms with E-state index in [1.54, 1.807) is 26.4 Å². The monoisotopic (exact) mass is 567 g/mol. The van der Waals surface area contributed by atoms with Gasteiger partial charge in [-0.1, -0.05) is 0 Å². The third-order valence-corrected chi connectivity index (χ3v) is 7.83. The molecule has 2 saturated heterocycles. The second-order valence-corrected chi connectivity index (χ2v) is 10.6. The Morgan fingerprint density at radius 3 is 2.07 bits per heavy atom. The van der Waals surface area contributed by atoms with Crippen LogP contribution in [0.15, 0.2) is 24.3 Å². The van der Waals surface area contributed by atoms with Gasteiger partial charge in [0.05, 0.1) is 33.0 Å². The minimum atomic E-state index is -0.435. The van der Waals surface area contributed by atoms with Gasteiger partial charge in [0.1, 0.15) is 5.82 Å². The molecule has 0 amide bonds. The van der Waals surface area contributed by atoms with Crippen LogP contribution in [0.3, 0.4) is 0 Å². The standard InChI is InChI=1S/C31H42FN5O4/c1-5-40-27-16-21(17-28(29(27)32)41-6-2)20-36-14-10-22(11-15-36)33-31-34-24-19-26(39-4)25(38-3)18-23(24)30(35-31)37-12-8-7-9-13-37/h16-19,22H,5-15,20H2,1-4H3,(H,33,34,35). The van der Waals surface area contributed by atoms with Crippen molar-refractivity contribution in [3.63, 3.8) is 0 Å². The Labute approximate surface area is 241 Å². The number of piperidine rings is 2. The van der Waals surface area contributed by atoms with E-state index < -0.39 is 5.82 Å². The molecule has 3 aromatic rings. The van der Waals surface area contributed by atoms with Crippen LogP contribution >= 0.6 is 0 Å². The SMILES string of the molecule is CCOc1cc(CN2CCC(Nc3nc(N4CCCCC4)c4cc(OC)c(OC)cc4n3)CC2)cc(OCC)c1F. The van der Waals surface area contributed by atoms with Gasteiger partial charge in [0.2, 0.25) is 11.8 Å². The van der Waals surface area contributed by atoms with E-state index >= 15 is 0 Å². The van der Waals surface area contributed by atoms with Crippen molar-refractivity contribution in [2.75, 3.05) is 63.8 Å². The molecular weight excluding hydrogens is 525 g/mol. The zero-order chi connectivity index (χ0) is 28.8. The predicted molar refractivity (Wildman–Crippen MR) is 159 cm³/mol. The molecule has 2 aliphatic heterocycles. The van der Waals surface area contributed by atoms with Gasteiger partial charge in [0, 0.05) is 50.2 Å². The van der Waals surface area contributed by atoms with Crippen LogP contribution in [0.4, 0.5) is 16.2 Å². The molecule has 3 heterocycles. The number of hydrogen-bond acceptors (Lipinski definition) is 9. The van der Waals surface area contributed by atoms with Crippen molar-refractivity contribution in [2.24, 2.45) is 0 Å². The summed E-state index contributed by atoms with van der Waals surface area (Å²) in [7, 11) is 3.30. The Bertz CT molecular complexity index is 1300. The van der Waals surface area contributed by atoms with Crippen LogP contribution in [0.25, 0.3) is 10.9 Å². The Hall–Kier alpha value is -3.53. The molecule has 2 aromatic carbocycles. The Morgan fingerprint density at radius 1 is 0.829 bits per heavy atom. The lowest BCUT2D eigenvalue weighted by Gasteiger charge is -2.33. The maximum Gasteiger partial charge on any atom is 0.225 e. The molecule has 1 aromatic heterocycles. The van der Waals surface area contributed by atoms with Crippen molar-refractivity contribution in [3.8, 4) is 23.0 Å². The topological polar surface area (TPSA) is 81.2 Å². The second-order valence-electron chi connectivity index (χ2n) is 10.6. The number of likely N-dealkylation sites (tertiary alicyclic amines) is 1. The van der Waals surface area contributed by atoms with Gasteiger partial charge in [-0.05, 0) is 69.7 Å². The summed E-state index contributed by atoms with van der Waals surface area (Å²) >= 11 is 0. The summed E-state index contributed by atoms with van der Waals surface area (Å²) in [5, 5.41) is 4.60. The number of fused-ring (bicyclic) bond motifs is 1. The molecule has 10 heteroatoms. The fraction of sp³-hybridized carbons (Fsp3) is 0.548. The third-order valence-electron chi connectivity index (χ3n) is 7.83. The van der Waals surface area contributed by atoms with Gasteiger partial charge >= 0.3 is 0 Å². The summed E-state index contributed by atoms with van der Waals surface area (Å²) in [6.07, 6.45) is 5.46. The molecule has 2 aliphatic rings. The Morgan fingerprint density at radius 2 is 1.46 bits per heavy atom. The predicted octanol–water partition coefficient (Wildman–Crippen LogP) is 5.65. The summed E-state index contributed by atoms with van der Waals surface area (Å²) in [6, 6.07) is 7.76. The first-order valence-corrected chi connectivity index (χ1v) is 14.8. The zero-order valence-electron chi connectivity index (χ0n) is 24.7. The molecule has 0 radical (unpaired) electrons. The number of nitrogens with one attached hydrogen (secondary N) is 1. The highest BCUT2D eigenvalue weighted by atomic mass is 19.1. The molecule has 9 nitrogen and oxygen atoms in total. The van der Waals surface area contributed by atoms with Crippen molar-refractivity contribution in [1.29, 1.82) is 0 Å². The smallest absolute Gasteiger partial charge is 0.225 e. The van der Waals surface area contributed by atoms with Gasteiger partial charge in [0.25, 0.3) is 0 Å². The summed E-state index contributed by atoms with van der Waals surface area (Å²) in [4.78, 5) is 14.7. The molecule has 222 valence electrons. The number of ether oxygens (including phenoxy) is 4. The van der Waals surface area contributed by atoms with Crippen LogP contribution in [-0.2, 0) is 6.54 Å². The van der Waals surface area contributed by atoms with Crippen LogP contribution in [-0.4, -0.2) is 74.5 Å². The van der Waals surface area contributed by atoms with Crippen molar-refractivity contribution in [2.45, 2.75) is 58.5 Å². The van der Waals surface area contributed by atoms with Gasteiger partial charge in [-0.2, -0.15) is 9.37 Å². The lowest BCUT2D eigenvalue weighted by molar-refractivity contribution is 0.210. The Balaban J connectivity index is 1.30. The van der Waals surface area contributed by atoms with Crippen molar-refractivity contribution in [3.05, 3.63) is 35.6 Å². The van der Waals surface area contributed by atoms with E-state index in [4.69, 9.17) is 28.9 Å². The third kappa shape index (κ3) is 6.69. The van der Waals surface area contributed by atoms with Gasteiger partial charge in [0.15, 0.2) is 23.0 Å². The molecule has 41 heavy (non-hydrogen) atoms. The summed E-state index contributed by atoms with van der Waals surface area (Å²) in [6.45, 7) is 8.99. The van der Waals surface area contributed by atoms with Crippen LogP contribution in [0.2, 0.25) is 0 Å². The van der Waals surface area contributed by atoms with Gasteiger partial charge in [-0.15, -0.1) is 0 Å². The molecule has 0 spiro atoms. The molecule has 0 saturated carbocycles. The molecule has 1 N–H and O–H groups in total. The van der Waals surface area contributed by atoms with Crippen LogP contribution in [0.1, 0.15) is 51.5 Å². The maximum atomic E-state index is 14.7. The van der Waals surface area contributed by atoms with Crippen LogP contribution in [0, 0.1) is 5.82 Å². The van der Waals surface area contributed by atoms with E-state index in [1.807, 2.05) is 26.0 Å². The van der Waals surface area contributed by atoms with E-state index in [0.29, 0.717) is 37.2 Å². The number of methoxy groups -OCH3 is 2. The number of hydrogen-bond donors (Lipinski definition) is 1. The number of rotatable bonds is 11. The van der Waals surface area contributed by atoms with E-state index in [1.165, 1.54) is 6.42 Å². The molecule has 0 aliphatic carbocycles. The van der Waals surface area contributed by atoms with Gasteiger partial charge in [-0.3, -0.25) is 4.90 Å². The molecule has 2 fully saturated rings. The average Bonchev–Trinajstić information content (AvgIpc) is 3.00. The van der Waals surface area contributed by atoms with Gasteiger partial charge < -0.3 is 29.2 Å². The summed E-state index contributed by atoms with van der Waals surface area (Å²) in [5.41, 5.74) is 1.82. The summed E-state index contributed by atoms with van der Waals surface area (Å²) in [5.74, 6) is 2.98. The highest BCUT2D eigenvalue weighted by molar-refractivity contribution is 5.93. The maximum absolute atomic E-state index is 14.7. The number of halogens is 1. The van der Waals surface area contributed by atoms with E-state index in [2.05, 4.69) is 15.1 Å². The van der Waals surface area contributed by atoms with Crippen molar-refractivity contribution < 1.29 is 23.3 Å². The van der Waals surface area contributed by atoms with Gasteiger partial charge in [-0.25, -0.2) is 4.98 Å². The van der Waals surface area contributed by atoms with E-state index in [9.17, 15) is 4.39 Å². The number of aromatic nitrogens is 2. The zero-order valence-corrected chi connectivity index (χ0v) is 24.7. The first kappa shape index (κ1) is 29.0. The molecular formula is C31H42FN5O4. The lowest BCUT2D eigenvalue weighted by Crippen LogP contribution is -2.39. The van der Waals surface area contributed by atoms with Crippen molar-refractivity contribution >= 4 is 22.7 Å². The lowest BCUT2D eigenvalue weighted by atomic mass is 10.0. The normalized spacial score (nSPS) is 16.6. The molecule has 0 bridgehead atoms. The number of nitrogens with zero attached hydrogens (tertiary/aromatic N) is 4. The first-order chi connectivity index (χ1) is 20.0. The van der Waals surface area contributed by atoms with Crippen LogP contribution in [0.5, 0.6) is 23.0 Å². The quantitative estimate of drug-likeness (QED) is 0.316. The van der Waals surface area contributed by atoms with E-state index in [-0.39, 0.29) is 17.5 Å². The molecule has 5 rings (SSSR count). The highest BCUT2D eigenvalue weighted by Gasteiger charge is 2.24. The number of benzene rings is 2. The Kier molecular flexibility index (Phi) is 9.49. The highest BCUT2D eigenvalue weighted by Crippen LogP contribution is 2.37. The fourth-order valence-corrected chi connectivity index (χ4v) is 5.77. The minimum Gasteiger partial charge on any atom is -0.493 e. The van der Waals surface area contributed by atoms with E-state index in [0.717, 1.165) is 74.1 Å². The molecule has 0 unspecified atom stereocenters. The first-order valence-electron chi connectivity index (χ1n) is 14.8. The number of anilines is 2.